The lowest BCUT2D eigenvalue weighted by Gasteiger charge is -2.28. The number of benzene rings is 1. The fourth-order valence-corrected chi connectivity index (χ4v) is 3.37. The minimum Gasteiger partial charge on any atom is -0.354 e. The molecule has 2 aliphatic heterocycles. The lowest BCUT2D eigenvalue weighted by atomic mass is 10.1. The summed E-state index contributed by atoms with van der Waals surface area (Å²) < 4.78 is 0. The van der Waals surface area contributed by atoms with Crippen molar-refractivity contribution in [3.8, 4) is 0 Å². The number of likely N-dealkylation sites (tertiary alicyclic amines) is 1. The summed E-state index contributed by atoms with van der Waals surface area (Å²) in [4.78, 5) is 25.8. The van der Waals surface area contributed by atoms with E-state index >= 15 is 0 Å². The lowest BCUT2D eigenvalue weighted by Crippen LogP contribution is -3.10. The van der Waals surface area contributed by atoms with Crippen molar-refractivity contribution >= 4 is 17.5 Å². The summed E-state index contributed by atoms with van der Waals surface area (Å²) in [5, 5.41) is 4.33. The topological polar surface area (TPSA) is 65.9 Å². The molecule has 3 rings (SSSR count). The predicted octanol–water partition coefficient (Wildman–Crippen LogP) is -0.0506. The van der Waals surface area contributed by atoms with Gasteiger partial charge in [0.25, 0.3) is 0 Å². The Kier molecular flexibility index (Phi) is 6.06. The molecule has 0 radical (unpaired) electrons. The molecule has 2 heterocycles. The molecule has 0 bridgehead atoms. The number of hydrogen-bond acceptors (Lipinski definition) is 3. The van der Waals surface area contributed by atoms with Crippen LogP contribution in [0.3, 0.4) is 0 Å². The van der Waals surface area contributed by atoms with E-state index in [9.17, 15) is 9.59 Å². The number of rotatable bonds is 7. The Morgan fingerprint density at radius 2 is 1.96 bits per heavy atom. The van der Waals surface area contributed by atoms with E-state index in [1.54, 1.807) is 4.90 Å². The largest absolute Gasteiger partial charge is 0.354 e. The van der Waals surface area contributed by atoms with Gasteiger partial charge >= 0.3 is 0 Å². The van der Waals surface area contributed by atoms with Crippen molar-refractivity contribution in [1.82, 2.24) is 15.8 Å². The number of hydrazine groups is 1. The van der Waals surface area contributed by atoms with Crippen LogP contribution in [0, 0.1) is 0 Å². The Bertz CT molecular complexity index is 624. The molecule has 0 atom stereocenters. The number of carbonyl (C=O) groups excluding carboxylic acids is 2. The fourth-order valence-electron chi connectivity index (χ4n) is 3.37. The van der Waals surface area contributed by atoms with Crippen molar-refractivity contribution in [2.45, 2.75) is 25.7 Å². The molecule has 1 fully saturated rings. The van der Waals surface area contributed by atoms with Gasteiger partial charge in [-0.2, -0.15) is 0 Å². The molecule has 0 saturated carbocycles. The molecule has 0 aliphatic carbocycles. The van der Waals surface area contributed by atoms with Crippen LogP contribution >= 0.6 is 0 Å². The molecular weight excluding hydrogens is 316 g/mol. The maximum absolute atomic E-state index is 12.1. The monoisotopic (exact) mass is 343 g/mol. The summed E-state index contributed by atoms with van der Waals surface area (Å²) in [6, 6.07) is 9.82. The van der Waals surface area contributed by atoms with E-state index < -0.39 is 0 Å². The van der Waals surface area contributed by atoms with Gasteiger partial charge in [0.15, 0.2) is 0 Å². The number of amides is 2. The van der Waals surface area contributed by atoms with Gasteiger partial charge in [0.05, 0.1) is 25.3 Å². The number of nitrogens with zero attached hydrogens (tertiary/aromatic N) is 1. The van der Waals surface area contributed by atoms with Crippen molar-refractivity contribution in [2.24, 2.45) is 0 Å². The average Bonchev–Trinajstić information content (AvgIpc) is 3.15. The highest BCUT2D eigenvalue weighted by atomic mass is 16.2. The van der Waals surface area contributed by atoms with Gasteiger partial charge in [0.1, 0.15) is 6.54 Å². The van der Waals surface area contributed by atoms with Crippen LogP contribution in [-0.4, -0.2) is 49.5 Å². The van der Waals surface area contributed by atoms with E-state index in [2.05, 4.69) is 10.7 Å². The van der Waals surface area contributed by atoms with Gasteiger partial charge in [-0.1, -0.05) is 30.3 Å². The Hall–Kier alpha value is -2.34. The molecule has 1 saturated heterocycles. The van der Waals surface area contributed by atoms with Gasteiger partial charge in [-0.15, -0.1) is 0 Å². The van der Waals surface area contributed by atoms with Crippen LogP contribution in [0.15, 0.2) is 36.4 Å². The van der Waals surface area contributed by atoms with E-state index in [1.165, 1.54) is 30.9 Å². The first kappa shape index (κ1) is 17.5. The summed E-state index contributed by atoms with van der Waals surface area (Å²) in [6.07, 6.45) is 5.80. The molecule has 6 nitrogen and oxygen atoms in total. The standard InChI is InChI=1S/C19H26N4O2/c24-18(20-11-6-14-22-12-4-5-13-22)15-23-19(25)10-9-17(21-23)16-7-2-1-3-8-16/h1-3,7-9,21H,4-6,10-15H2,(H,20,24)/p+1. The third-order valence-corrected chi connectivity index (χ3v) is 4.76. The Morgan fingerprint density at radius 1 is 1.20 bits per heavy atom. The normalized spacial score (nSPS) is 18.0. The highest BCUT2D eigenvalue weighted by Gasteiger charge is 2.22. The molecule has 134 valence electrons. The first-order valence-electron chi connectivity index (χ1n) is 9.15. The SMILES string of the molecule is O=C(CN1NC(c2ccccc2)=CCC1=O)NCCC[NH+]1CCCC1. The first-order valence-corrected chi connectivity index (χ1v) is 9.15. The van der Waals surface area contributed by atoms with Crippen LogP contribution in [0.25, 0.3) is 5.70 Å². The third kappa shape index (κ3) is 5.06. The van der Waals surface area contributed by atoms with E-state index in [-0.39, 0.29) is 18.4 Å². The molecule has 6 heteroatoms. The van der Waals surface area contributed by atoms with Crippen molar-refractivity contribution in [1.29, 1.82) is 0 Å². The van der Waals surface area contributed by atoms with Crippen molar-refractivity contribution in [3.05, 3.63) is 42.0 Å². The highest BCUT2D eigenvalue weighted by molar-refractivity contribution is 5.88. The quantitative estimate of drug-likeness (QED) is 0.608. The molecule has 1 aromatic carbocycles. The van der Waals surface area contributed by atoms with Gasteiger partial charge in [0, 0.05) is 32.2 Å². The van der Waals surface area contributed by atoms with Crippen LogP contribution in [0.2, 0.25) is 0 Å². The molecule has 3 N–H and O–H groups in total. The zero-order valence-corrected chi connectivity index (χ0v) is 14.6. The summed E-state index contributed by atoms with van der Waals surface area (Å²) in [5.41, 5.74) is 4.94. The maximum atomic E-state index is 12.1. The number of quaternary nitrogens is 1. The van der Waals surface area contributed by atoms with Crippen LogP contribution in [-0.2, 0) is 9.59 Å². The van der Waals surface area contributed by atoms with Gasteiger partial charge in [-0.3, -0.25) is 15.0 Å². The second-order valence-electron chi connectivity index (χ2n) is 6.69. The first-order chi connectivity index (χ1) is 12.2. The van der Waals surface area contributed by atoms with E-state index in [4.69, 9.17) is 0 Å². The van der Waals surface area contributed by atoms with E-state index in [0.717, 1.165) is 24.2 Å². The Labute approximate surface area is 148 Å². The maximum Gasteiger partial charge on any atom is 0.245 e. The van der Waals surface area contributed by atoms with Gasteiger partial charge in [-0.25, -0.2) is 5.01 Å². The van der Waals surface area contributed by atoms with Crippen LogP contribution < -0.4 is 15.6 Å². The Balaban J connectivity index is 1.42. The second-order valence-corrected chi connectivity index (χ2v) is 6.69. The summed E-state index contributed by atoms with van der Waals surface area (Å²) >= 11 is 0. The van der Waals surface area contributed by atoms with Crippen molar-refractivity contribution in [3.63, 3.8) is 0 Å². The zero-order valence-electron chi connectivity index (χ0n) is 14.6. The minimum atomic E-state index is -0.119. The minimum absolute atomic E-state index is 0.0412. The van der Waals surface area contributed by atoms with E-state index in [1.807, 2.05) is 36.4 Å². The zero-order chi connectivity index (χ0) is 17.5. The van der Waals surface area contributed by atoms with Crippen LogP contribution in [0.1, 0.15) is 31.2 Å². The summed E-state index contributed by atoms with van der Waals surface area (Å²) in [7, 11) is 0. The summed E-state index contributed by atoms with van der Waals surface area (Å²) in [5.74, 6) is -0.206. The second kappa shape index (κ2) is 8.67. The molecule has 0 aromatic heterocycles. The molecule has 0 spiro atoms. The highest BCUT2D eigenvalue weighted by Crippen LogP contribution is 2.16. The Morgan fingerprint density at radius 3 is 2.72 bits per heavy atom. The number of hydrogen-bond donors (Lipinski definition) is 3. The molecule has 2 aliphatic rings. The predicted molar refractivity (Wildman–Crippen MR) is 96.3 cm³/mol. The average molecular weight is 343 g/mol. The molecule has 0 unspecified atom stereocenters. The lowest BCUT2D eigenvalue weighted by molar-refractivity contribution is -0.887. The number of nitrogens with one attached hydrogen (secondary N) is 3. The molecule has 1 aromatic rings. The molecule has 2 amide bonds. The summed E-state index contributed by atoms with van der Waals surface area (Å²) in [6.45, 7) is 4.34. The number of carbonyl (C=O) groups is 2. The van der Waals surface area contributed by atoms with Gasteiger partial charge in [-0.05, 0) is 11.6 Å². The third-order valence-electron chi connectivity index (χ3n) is 4.76. The van der Waals surface area contributed by atoms with Gasteiger partial charge in [0.2, 0.25) is 11.8 Å². The van der Waals surface area contributed by atoms with Crippen molar-refractivity contribution in [2.75, 3.05) is 32.7 Å². The smallest absolute Gasteiger partial charge is 0.245 e. The molecule has 25 heavy (non-hydrogen) atoms. The molecular formula is C19H27N4O2+. The van der Waals surface area contributed by atoms with Crippen molar-refractivity contribution < 1.29 is 14.5 Å². The van der Waals surface area contributed by atoms with Crippen LogP contribution in [0.5, 0.6) is 0 Å². The fraction of sp³-hybridized carbons (Fsp3) is 0.474. The van der Waals surface area contributed by atoms with Gasteiger partial charge < -0.3 is 10.2 Å². The van der Waals surface area contributed by atoms with E-state index in [0.29, 0.717) is 13.0 Å². The van der Waals surface area contributed by atoms with Crippen LogP contribution in [0.4, 0.5) is 0 Å².